The first kappa shape index (κ1) is 28.8. The van der Waals surface area contributed by atoms with Gasteiger partial charge in [-0.2, -0.15) is 0 Å². The van der Waals surface area contributed by atoms with Crippen molar-refractivity contribution in [1.82, 2.24) is 5.01 Å². The molecule has 0 aromatic heterocycles. The summed E-state index contributed by atoms with van der Waals surface area (Å²) >= 11 is 0. The van der Waals surface area contributed by atoms with Crippen molar-refractivity contribution in [1.29, 1.82) is 0 Å². The summed E-state index contributed by atoms with van der Waals surface area (Å²) in [5.41, 5.74) is 4.14. The summed E-state index contributed by atoms with van der Waals surface area (Å²) in [7, 11) is 0. The fraction of sp³-hybridized carbons (Fsp3) is 0.294. The number of nitrogens with one attached hydrogen (secondary N) is 1. The molecule has 1 aliphatic carbocycles. The van der Waals surface area contributed by atoms with Crippen LogP contribution in [0.3, 0.4) is 0 Å². The van der Waals surface area contributed by atoms with Gasteiger partial charge in [0, 0.05) is 17.3 Å². The minimum atomic E-state index is -0.405. The van der Waals surface area contributed by atoms with Crippen molar-refractivity contribution in [3.8, 4) is 0 Å². The molecule has 1 aliphatic heterocycles. The van der Waals surface area contributed by atoms with Crippen LogP contribution >= 0.6 is 0 Å². The third kappa shape index (κ3) is 7.32. The standard InChI is InChI=1S/C34H35N3O5/c1-2-41-31(39)20-17-24-9-8-14-29(21-24)35-33(40)32(26-10-6-7-11-26)27-18-15-25(16-19-27)22-37-30(38)23-42-34(36-37)28-12-4-3-5-13-28/h3-5,8-9,12-21,26,32H,2,6-7,10-11,22-23H2,1H3,(H,35,40). The number of ether oxygens (including phenoxy) is 2. The lowest BCUT2D eigenvalue weighted by molar-refractivity contribution is -0.137. The molecule has 1 atom stereocenters. The van der Waals surface area contributed by atoms with Crippen LogP contribution in [0.15, 0.2) is 90.0 Å². The highest BCUT2D eigenvalue weighted by molar-refractivity contribution is 5.98. The molecular formula is C34H35N3O5. The Morgan fingerprint density at radius 3 is 2.55 bits per heavy atom. The monoisotopic (exact) mass is 565 g/mol. The molecule has 0 saturated heterocycles. The predicted octanol–water partition coefficient (Wildman–Crippen LogP) is 5.90. The summed E-state index contributed by atoms with van der Waals surface area (Å²) in [4.78, 5) is 37.9. The zero-order valence-corrected chi connectivity index (χ0v) is 23.7. The van der Waals surface area contributed by atoms with E-state index in [0.29, 0.717) is 24.7 Å². The maximum atomic E-state index is 13.7. The van der Waals surface area contributed by atoms with E-state index in [1.165, 1.54) is 11.1 Å². The van der Waals surface area contributed by atoms with Crippen molar-refractivity contribution >= 4 is 35.4 Å². The largest absolute Gasteiger partial charge is 0.466 e. The molecule has 0 bridgehead atoms. The van der Waals surface area contributed by atoms with Crippen LogP contribution < -0.4 is 5.32 Å². The first-order chi connectivity index (χ1) is 20.5. The summed E-state index contributed by atoms with van der Waals surface area (Å²) in [6.07, 6.45) is 7.28. The molecule has 0 radical (unpaired) electrons. The number of hydrazone groups is 1. The quantitative estimate of drug-likeness (QED) is 0.244. The van der Waals surface area contributed by atoms with Crippen molar-refractivity contribution in [2.24, 2.45) is 11.0 Å². The molecule has 3 aromatic rings. The van der Waals surface area contributed by atoms with Crippen LogP contribution in [0.25, 0.3) is 6.08 Å². The van der Waals surface area contributed by atoms with Gasteiger partial charge in [0.1, 0.15) is 0 Å². The smallest absolute Gasteiger partial charge is 0.330 e. The minimum Gasteiger partial charge on any atom is -0.466 e. The Hall–Kier alpha value is -4.72. The molecule has 42 heavy (non-hydrogen) atoms. The number of rotatable bonds is 10. The molecule has 2 amide bonds. The summed E-state index contributed by atoms with van der Waals surface area (Å²) in [5, 5.41) is 8.99. The molecule has 8 heteroatoms. The van der Waals surface area contributed by atoms with E-state index in [0.717, 1.165) is 47.9 Å². The average molecular weight is 566 g/mol. The van der Waals surface area contributed by atoms with Gasteiger partial charge in [-0.1, -0.05) is 67.4 Å². The number of hydrogen-bond donors (Lipinski definition) is 1. The van der Waals surface area contributed by atoms with Crippen LogP contribution in [0.2, 0.25) is 0 Å². The zero-order chi connectivity index (χ0) is 29.3. The van der Waals surface area contributed by atoms with Crippen molar-refractivity contribution in [2.45, 2.75) is 45.1 Å². The van der Waals surface area contributed by atoms with Gasteiger partial charge in [0.15, 0.2) is 6.61 Å². The molecular weight excluding hydrogens is 530 g/mol. The number of nitrogens with zero attached hydrogens (tertiary/aromatic N) is 2. The lowest BCUT2D eigenvalue weighted by Gasteiger charge is -2.25. The van der Waals surface area contributed by atoms with Gasteiger partial charge in [0.2, 0.25) is 11.8 Å². The fourth-order valence-electron chi connectivity index (χ4n) is 5.47. The lowest BCUT2D eigenvalue weighted by atomic mass is 9.83. The van der Waals surface area contributed by atoms with Gasteiger partial charge in [0.25, 0.3) is 5.91 Å². The van der Waals surface area contributed by atoms with E-state index in [4.69, 9.17) is 9.47 Å². The highest BCUT2D eigenvalue weighted by Gasteiger charge is 2.32. The number of carbonyl (C=O) groups is 3. The van der Waals surface area contributed by atoms with Crippen LogP contribution in [0.4, 0.5) is 5.69 Å². The molecule has 2 aliphatic rings. The Bertz CT molecular complexity index is 1460. The normalized spacial score (nSPS) is 16.2. The number of esters is 1. The summed E-state index contributed by atoms with van der Waals surface area (Å²) in [6, 6.07) is 24.8. The van der Waals surface area contributed by atoms with E-state index in [-0.39, 0.29) is 30.3 Å². The van der Waals surface area contributed by atoms with Crippen LogP contribution in [-0.4, -0.2) is 41.9 Å². The van der Waals surface area contributed by atoms with Crippen LogP contribution in [0.1, 0.15) is 60.8 Å². The van der Waals surface area contributed by atoms with Crippen molar-refractivity contribution in [3.63, 3.8) is 0 Å². The van der Waals surface area contributed by atoms with Gasteiger partial charge in [-0.05, 0) is 72.7 Å². The first-order valence-electron chi connectivity index (χ1n) is 14.4. The lowest BCUT2D eigenvalue weighted by Crippen LogP contribution is -2.36. The number of carbonyl (C=O) groups excluding carboxylic acids is 3. The number of anilines is 1. The summed E-state index contributed by atoms with van der Waals surface area (Å²) in [5.74, 6) is -0.291. The predicted molar refractivity (Wildman–Crippen MR) is 161 cm³/mol. The molecule has 3 aromatic carbocycles. The van der Waals surface area contributed by atoms with Crippen LogP contribution in [-0.2, 0) is 30.4 Å². The number of amides is 2. The summed E-state index contributed by atoms with van der Waals surface area (Å²) < 4.78 is 10.5. The van der Waals surface area contributed by atoms with Crippen molar-refractivity contribution in [2.75, 3.05) is 18.5 Å². The minimum absolute atomic E-state index is 0.0540. The van der Waals surface area contributed by atoms with Crippen LogP contribution in [0.5, 0.6) is 0 Å². The highest BCUT2D eigenvalue weighted by Crippen LogP contribution is 2.38. The number of hydrogen-bond acceptors (Lipinski definition) is 6. The van der Waals surface area contributed by atoms with Gasteiger partial charge >= 0.3 is 5.97 Å². The second kappa shape index (κ2) is 13.8. The van der Waals surface area contributed by atoms with Gasteiger partial charge in [-0.15, -0.1) is 5.10 Å². The Labute approximate surface area is 246 Å². The highest BCUT2D eigenvalue weighted by atomic mass is 16.5. The SMILES string of the molecule is CCOC(=O)C=Cc1cccc(NC(=O)C(c2ccc(CN3N=C(c4ccccc4)OCC3=O)cc2)C2CCCC2)c1. The molecule has 1 fully saturated rings. The topological polar surface area (TPSA) is 97.3 Å². The molecule has 216 valence electrons. The number of benzene rings is 3. The Morgan fingerprint density at radius 2 is 1.81 bits per heavy atom. The first-order valence-corrected chi connectivity index (χ1v) is 14.4. The van der Waals surface area contributed by atoms with Gasteiger partial charge in [-0.25, -0.2) is 9.80 Å². The molecule has 1 N–H and O–H groups in total. The Morgan fingerprint density at radius 1 is 1.05 bits per heavy atom. The van der Waals surface area contributed by atoms with Crippen molar-refractivity contribution < 1.29 is 23.9 Å². The maximum Gasteiger partial charge on any atom is 0.330 e. The average Bonchev–Trinajstić information content (AvgIpc) is 3.53. The van der Waals surface area contributed by atoms with Crippen molar-refractivity contribution in [3.05, 3.63) is 107 Å². The van der Waals surface area contributed by atoms with Gasteiger partial charge < -0.3 is 14.8 Å². The molecule has 1 heterocycles. The van der Waals surface area contributed by atoms with Crippen LogP contribution in [0, 0.1) is 5.92 Å². The van der Waals surface area contributed by atoms with Gasteiger partial charge in [-0.3, -0.25) is 9.59 Å². The Kier molecular flexibility index (Phi) is 9.44. The molecule has 1 unspecified atom stereocenters. The third-order valence-corrected chi connectivity index (χ3v) is 7.53. The fourth-order valence-corrected chi connectivity index (χ4v) is 5.47. The van der Waals surface area contributed by atoms with E-state index in [1.807, 2.05) is 78.9 Å². The van der Waals surface area contributed by atoms with E-state index in [1.54, 1.807) is 13.0 Å². The molecule has 1 saturated carbocycles. The van der Waals surface area contributed by atoms with Gasteiger partial charge in [0.05, 0.1) is 19.1 Å². The zero-order valence-electron chi connectivity index (χ0n) is 23.7. The summed E-state index contributed by atoms with van der Waals surface area (Å²) in [6.45, 7) is 2.33. The molecule has 0 spiro atoms. The Balaban J connectivity index is 1.30. The second-order valence-corrected chi connectivity index (χ2v) is 10.5. The molecule has 5 rings (SSSR count). The second-order valence-electron chi connectivity index (χ2n) is 10.5. The van der Waals surface area contributed by atoms with E-state index >= 15 is 0 Å². The maximum absolute atomic E-state index is 13.7. The van der Waals surface area contributed by atoms with E-state index in [2.05, 4.69) is 10.4 Å². The third-order valence-electron chi connectivity index (χ3n) is 7.53. The van der Waals surface area contributed by atoms with E-state index in [9.17, 15) is 14.4 Å². The molecule has 8 nitrogen and oxygen atoms in total. The van der Waals surface area contributed by atoms with E-state index < -0.39 is 5.97 Å².